The van der Waals surface area contributed by atoms with Crippen LogP contribution in [0.2, 0.25) is 0 Å². The van der Waals surface area contributed by atoms with Crippen LogP contribution in [0.4, 0.5) is 4.39 Å². The molecule has 0 saturated carbocycles. The van der Waals surface area contributed by atoms with Crippen molar-refractivity contribution in [1.29, 1.82) is 0 Å². The van der Waals surface area contributed by atoms with E-state index in [9.17, 15) is 17.6 Å². The van der Waals surface area contributed by atoms with Gasteiger partial charge in [0.1, 0.15) is 11.6 Å². The first-order chi connectivity index (χ1) is 14.4. The molecule has 0 spiro atoms. The molecule has 1 N–H and O–H groups in total. The van der Waals surface area contributed by atoms with Gasteiger partial charge in [-0.1, -0.05) is 12.1 Å². The quantitative estimate of drug-likeness (QED) is 0.692. The topological polar surface area (TPSA) is 75.7 Å². The normalized spacial score (nSPS) is 17.5. The Hall–Kier alpha value is -2.45. The van der Waals surface area contributed by atoms with Crippen LogP contribution in [0.25, 0.3) is 0 Å². The number of benzene rings is 2. The number of hydrogen-bond acceptors (Lipinski definition) is 4. The van der Waals surface area contributed by atoms with Gasteiger partial charge in [0, 0.05) is 26.1 Å². The molecule has 162 valence electrons. The van der Waals surface area contributed by atoms with E-state index in [0.29, 0.717) is 32.5 Å². The number of nitrogens with one attached hydrogen (secondary N) is 1. The van der Waals surface area contributed by atoms with Crippen molar-refractivity contribution >= 4 is 15.9 Å². The van der Waals surface area contributed by atoms with Crippen molar-refractivity contribution in [2.45, 2.75) is 37.1 Å². The second kappa shape index (κ2) is 10.0. The summed E-state index contributed by atoms with van der Waals surface area (Å²) >= 11 is 0. The molecule has 1 aliphatic rings. The van der Waals surface area contributed by atoms with E-state index < -0.39 is 15.8 Å². The lowest BCUT2D eigenvalue weighted by Gasteiger charge is -2.32. The lowest BCUT2D eigenvalue weighted by molar-refractivity contribution is -0.121. The number of piperidine rings is 1. The fraction of sp³-hybridized carbons (Fsp3) is 0.409. The van der Waals surface area contributed by atoms with Crippen molar-refractivity contribution in [1.82, 2.24) is 9.62 Å². The van der Waals surface area contributed by atoms with E-state index in [2.05, 4.69) is 5.32 Å². The molecule has 1 atom stereocenters. The summed E-state index contributed by atoms with van der Waals surface area (Å²) < 4.78 is 45.4. The van der Waals surface area contributed by atoms with Gasteiger partial charge in [0.15, 0.2) is 0 Å². The summed E-state index contributed by atoms with van der Waals surface area (Å²) in [5, 5.41) is 2.90. The third-order valence-electron chi connectivity index (χ3n) is 5.34. The second-order valence-corrected chi connectivity index (χ2v) is 9.43. The standard InChI is InChI=1S/C22H27FN2O4S/c1-29-20-6-2-4-18(14-20)15-24-22(26)12-7-17-5-3-13-25(16-17)30(27,28)21-10-8-19(23)9-11-21/h2,4,6,8-11,14,17H,3,5,7,12-13,15-16H2,1H3,(H,24,26). The van der Waals surface area contributed by atoms with Crippen LogP contribution in [0.1, 0.15) is 31.2 Å². The summed E-state index contributed by atoms with van der Waals surface area (Å²) in [5.74, 6) is 0.338. The minimum atomic E-state index is -3.65. The Morgan fingerprint density at radius 3 is 2.73 bits per heavy atom. The molecule has 0 radical (unpaired) electrons. The predicted molar refractivity (Wildman–Crippen MR) is 112 cm³/mol. The zero-order valence-corrected chi connectivity index (χ0v) is 17.8. The number of halogens is 1. The average molecular weight is 435 g/mol. The lowest BCUT2D eigenvalue weighted by Crippen LogP contribution is -2.40. The van der Waals surface area contributed by atoms with Gasteiger partial charge >= 0.3 is 0 Å². The first-order valence-corrected chi connectivity index (χ1v) is 11.5. The van der Waals surface area contributed by atoms with E-state index in [1.54, 1.807) is 7.11 Å². The molecule has 3 rings (SSSR count). The largest absolute Gasteiger partial charge is 0.497 e. The van der Waals surface area contributed by atoms with Crippen LogP contribution in [-0.2, 0) is 21.4 Å². The van der Waals surface area contributed by atoms with Gasteiger partial charge in [-0.05, 0) is 67.1 Å². The molecule has 0 bridgehead atoms. The first kappa shape index (κ1) is 22.2. The van der Waals surface area contributed by atoms with E-state index in [-0.39, 0.29) is 16.7 Å². The molecule has 1 fully saturated rings. The molecule has 6 nitrogen and oxygen atoms in total. The maximum atomic E-state index is 13.1. The van der Waals surface area contributed by atoms with Crippen LogP contribution in [0, 0.1) is 11.7 Å². The number of methoxy groups -OCH3 is 1. The number of sulfonamides is 1. The van der Waals surface area contributed by atoms with Crippen LogP contribution in [0.3, 0.4) is 0 Å². The second-order valence-electron chi connectivity index (χ2n) is 7.49. The van der Waals surface area contributed by atoms with Crippen molar-refractivity contribution in [2.24, 2.45) is 5.92 Å². The van der Waals surface area contributed by atoms with Gasteiger partial charge in [0.2, 0.25) is 15.9 Å². The summed E-state index contributed by atoms with van der Waals surface area (Å²) in [6.45, 7) is 1.24. The van der Waals surface area contributed by atoms with Gasteiger partial charge in [-0.25, -0.2) is 12.8 Å². The highest BCUT2D eigenvalue weighted by molar-refractivity contribution is 7.89. The number of ether oxygens (including phenoxy) is 1. The SMILES string of the molecule is COc1cccc(CNC(=O)CCC2CCCN(S(=O)(=O)c3ccc(F)cc3)C2)c1. The smallest absolute Gasteiger partial charge is 0.243 e. The van der Waals surface area contributed by atoms with Crippen molar-refractivity contribution in [3.63, 3.8) is 0 Å². The van der Waals surface area contributed by atoms with Crippen LogP contribution in [0.15, 0.2) is 53.4 Å². The summed E-state index contributed by atoms with van der Waals surface area (Å²) in [6.07, 6.45) is 2.60. The Bertz CT molecular complexity index is 963. The van der Waals surface area contributed by atoms with Crippen molar-refractivity contribution in [2.75, 3.05) is 20.2 Å². The van der Waals surface area contributed by atoms with Crippen LogP contribution in [-0.4, -0.2) is 38.8 Å². The first-order valence-electron chi connectivity index (χ1n) is 10.0. The minimum absolute atomic E-state index is 0.0589. The lowest BCUT2D eigenvalue weighted by atomic mass is 9.94. The van der Waals surface area contributed by atoms with E-state index in [1.807, 2.05) is 24.3 Å². The molecular formula is C22H27FN2O4S. The van der Waals surface area contributed by atoms with E-state index in [1.165, 1.54) is 16.4 Å². The molecule has 0 aromatic heterocycles. The third kappa shape index (κ3) is 5.79. The summed E-state index contributed by atoms with van der Waals surface area (Å²) in [6, 6.07) is 12.4. The average Bonchev–Trinajstić information content (AvgIpc) is 2.77. The molecular weight excluding hydrogens is 407 g/mol. The van der Waals surface area contributed by atoms with E-state index in [0.717, 1.165) is 36.3 Å². The van der Waals surface area contributed by atoms with Gasteiger partial charge < -0.3 is 10.1 Å². The Morgan fingerprint density at radius 2 is 2.00 bits per heavy atom. The number of hydrogen-bond donors (Lipinski definition) is 1. The molecule has 1 saturated heterocycles. The maximum absolute atomic E-state index is 13.1. The Kier molecular flexibility index (Phi) is 7.44. The maximum Gasteiger partial charge on any atom is 0.243 e. The number of carbonyl (C=O) groups is 1. The highest BCUT2D eigenvalue weighted by atomic mass is 32.2. The fourth-order valence-corrected chi connectivity index (χ4v) is 5.20. The monoisotopic (exact) mass is 434 g/mol. The fourth-order valence-electron chi connectivity index (χ4n) is 3.64. The van der Waals surface area contributed by atoms with Gasteiger partial charge in [-0.3, -0.25) is 4.79 Å². The Morgan fingerprint density at radius 1 is 1.23 bits per heavy atom. The molecule has 2 aromatic carbocycles. The zero-order chi connectivity index (χ0) is 21.6. The van der Waals surface area contributed by atoms with Crippen LogP contribution >= 0.6 is 0 Å². The highest BCUT2D eigenvalue weighted by Gasteiger charge is 2.30. The molecule has 0 aliphatic carbocycles. The van der Waals surface area contributed by atoms with E-state index >= 15 is 0 Å². The predicted octanol–water partition coefficient (Wildman–Crippen LogP) is 3.33. The molecule has 1 heterocycles. The number of carbonyl (C=O) groups excluding carboxylic acids is 1. The van der Waals surface area contributed by atoms with Crippen molar-refractivity contribution in [3.8, 4) is 5.75 Å². The molecule has 1 amide bonds. The van der Waals surface area contributed by atoms with Gasteiger partial charge in [0.05, 0.1) is 12.0 Å². The molecule has 30 heavy (non-hydrogen) atoms. The van der Waals surface area contributed by atoms with Gasteiger partial charge in [0.25, 0.3) is 0 Å². The summed E-state index contributed by atoms with van der Waals surface area (Å²) in [7, 11) is -2.05. The number of amides is 1. The highest BCUT2D eigenvalue weighted by Crippen LogP contribution is 2.26. The van der Waals surface area contributed by atoms with Crippen LogP contribution < -0.4 is 10.1 Å². The van der Waals surface area contributed by atoms with Crippen molar-refractivity contribution in [3.05, 3.63) is 59.9 Å². The summed E-state index contributed by atoms with van der Waals surface area (Å²) in [5.41, 5.74) is 0.955. The van der Waals surface area contributed by atoms with Gasteiger partial charge in [-0.2, -0.15) is 4.31 Å². The number of rotatable bonds is 8. The number of nitrogens with zero attached hydrogens (tertiary/aromatic N) is 1. The van der Waals surface area contributed by atoms with E-state index in [4.69, 9.17) is 4.74 Å². The minimum Gasteiger partial charge on any atom is -0.497 e. The molecule has 1 aliphatic heterocycles. The Balaban J connectivity index is 1.49. The molecule has 8 heteroatoms. The third-order valence-corrected chi connectivity index (χ3v) is 7.22. The van der Waals surface area contributed by atoms with Gasteiger partial charge in [-0.15, -0.1) is 0 Å². The van der Waals surface area contributed by atoms with Crippen molar-refractivity contribution < 1.29 is 22.3 Å². The van der Waals surface area contributed by atoms with Crippen LogP contribution in [0.5, 0.6) is 5.75 Å². The molecule has 2 aromatic rings. The Labute approximate surface area is 177 Å². The summed E-state index contributed by atoms with van der Waals surface area (Å²) in [4.78, 5) is 12.3. The zero-order valence-electron chi connectivity index (χ0n) is 17.0. The molecule has 1 unspecified atom stereocenters.